The molecule has 0 saturated heterocycles. The van der Waals surface area contributed by atoms with Gasteiger partial charge in [-0.2, -0.15) is 0 Å². The molecule has 0 aliphatic rings. The molecule has 3 nitrogen and oxygen atoms in total. The summed E-state index contributed by atoms with van der Waals surface area (Å²) in [6, 6.07) is 22.2. The maximum atomic E-state index is 12.6. The van der Waals surface area contributed by atoms with Crippen LogP contribution in [-0.4, -0.2) is 10.9 Å². The first-order valence-corrected chi connectivity index (χ1v) is 10.2. The lowest BCUT2D eigenvalue weighted by Gasteiger charge is -2.18. The molecule has 4 rings (SSSR count). The predicted molar refractivity (Wildman–Crippen MR) is 109 cm³/mol. The summed E-state index contributed by atoms with van der Waals surface area (Å²) < 4.78 is 1.17. The zero-order valence-electron chi connectivity index (χ0n) is 14.1. The third-order valence-corrected chi connectivity index (χ3v) is 6.20. The van der Waals surface area contributed by atoms with Crippen LogP contribution in [0.2, 0.25) is 0 Å². The fourth-order valence-corrected chi connectivity index (χ4v) is 4.67. The van der Waals surface area contributed by atoms with Crippen LogP contribution >= 0.6 is 22.7 Å². The van der Waals surface area contributed by atoms with Crippen LogP contribution in [0.3, 0.4) is 0 Å². The van der Waals surface area contributed by atoms with Gasteiger partial charge in [-0.15, -0.1) is 22.7 Å². The minimum Gasteiger partial charge on any atom is -0.344 e. The van der Waals surface area contributed by atoms with Gasteiger partial charge in [-0.05, 0) is 29.1 Å². The lowest BCUT2D eigenvalue weighted by molar-refractivity contribution is -0.121. The largest absolute Gasteiger partial charge is 0.344 e. The number of aromatic nitrogens is 1. The molecule has 1 amide bonds. The lowest BCUT2D eigenvalue weighted by Crippen LogP contribution is -2.28. The van der Waals surface area contributed by atoms with Gasteiger partial charge >= 0.3 is 0 Å². The Hall–Kier alpha value is -2.50. The van der Waals surface area contributed by atoms with Crippen molar-refractivity contribution >= 4 is 38.8 Å². The molecule has 0 bridgehead atoms. The van der Waals surface area contributed by atoms with Crippen LogP contribution < -0.4 is 5.32 Å². The molecule has 0 saturated carbocycles. The highest BCUT2D eigenvalue weighted by Crippen LogP contribution is 2.26. The van der Waals surface area contributed by atoms with Gasteiger partial charge in [0.2, 0.25) is 5.91 Å². The van der Waals surface area contributed by atoms with Crippen LogP contribution in [0, 0.1) is 0 Å². The summed E-state index contributed by atoms with van der Waals surface area (Å²) >= 11 is 3.32. The molecule has 2 aromatic carbocycles. The number of thiophene rings is 1. The highest BCUT2D eigenvalue weighted by Gasteiger charge is 2.18. The zero-order chi connectivity index (χ0) is 17.8. The number of benzene rings is 2. The maximum Gasteiger partial charge on any atom is 0.221 e. The molecule has 130 valence electrons. The number of hydrogen-bond acceptors (Lipinski definition) is 4. The molecular formula is C21H18N2OS2. The molecule has 0 spiro atoms. The Morgan fingerprint density at radius 1 is 1.00 bits per heavy atom. The Kier molecular flexibility index (Phi) is 5.09. The maximum absolute atomic E-state index is 12.6. The van der Waals surface area contributed by atoms with Gasteiger partial charge in [0.1, 0.15) is 0 Å². The number of amides is 1. The minimum atomic E-state index is -0.0981. The van der Waals surface area contributed by atoms with Gasteiger partial charge in [-0.25, -0.2) is 4.98 Å². The van der Waals surface area contributed by atoms with Crippen molar-refractivity contribution in [2.45, 2.75) is 18.9 Å². The van der Waals surface area contributed by atoms with Gasteiger partial charge < -0.3 is 5.32 Å². The van der Waals surface area contributed by atoms with Crippen molar-refractivity contribution in [2.75, 3.05) is 0 Å². The van der Waals surface area contributed by atoms with Crippen LogP contribution in [-0.2, 0) is 11.2 Å². The molecule has 4 aromatic rings. The molecule has 2 aromatic heterocycles. The third kappa shape index (κ3) is 3.84. The van der Waals surface area contributed by atoms with E-state index in [0.29, 0.717) is 12.8 Å². The van der Waals surface area contributed by atoms with E-state index < -0.39 is 0 Å². The van der Waals surface area contributed by atoms with E-state index in [1.54, 1.807) is 22.7 Å². The van der Waals surface area contributed by atoms with Crippen molar-refractivity contribution in [1.82, 2.24) is 10.3 Å². The van der Waals surface area contributed by atoms with Crippen molar-refractivity contribution < 1.29 is 4.79 Å². The monoisotopic (exact) mass is 378 g/mol. The average molecular weight is 379 g/mol. The van der Waals surface area contributed by atoms with Gasteiger partial charge in [0.15, 0.2) is 0 Å². The van der Waals surface area contributed by atoms with E-state index in [-0.39, 0.29) is 11.9 Å². The van der Waals surface area contributed by atoms with Crippen LogP contribution in [0.4, 0.5) is 0 Å². The van der Waals surface area contributed by atoms with E-state index in [1.165, 1.54) is 4.70 Å². The highest BCUT2D eigenvalue weighted by molar-refractivity contribution is 7.18. The molecule has 5 heteroatoms. The first kappa shape index (κ1) is 16.9. The number of para-hydroxylation sites is 1. The summed E-state index contributed by atoms with van der Waals surface area (Å²) in [6.07, 6.45) is 1.10. The molecule has 1 atom stereocenters. The summed E-state index contributed by atoms with van der Waals surface area (Å²) in [6.45, 7) is 0. The van der Waals surface area contributed by atoms with E-state index in [9.17, 15) is 4.79 Å². The van der Waals surface area contributed by atoms with E-state index in [0.717, 1.165) is 21.0 Å². The van der Waals surface area contributed by atoms with E-state index in [1.807, 2.05) is 47.8 Å². The topological polar surface area (TPSA) is 42.0 Å². The smallest absolute Gasteiger partial charge is 0.221 e. The highest BCUT2D eigenvalue weighted by atomic mass is 32.1. The van der Waals surface area contributed by atoms with E-state index in [2.05, 4.69) is 34.6 Å². The van der Waals surface area contributed by atoms with Gasteiger partial charge in [-0.3, -0.25) is 4.79 Å². The predicted octanol–water partition coefficient (Wildman–Crippen LogP) is 5.20. The van der Waals surface area contributed by atoms with Crippen molar-refractivity contribution in [1.29, 1.82) is 0 Å². The molecule has 0 aliphatic heterocycles. The Bertz CT molecular complexity index is 960. The van der Waals surface area contributed by atoms with Crippen molar-refractivity contribution in [3.05, 3.63) is 87.6 Å². The molecule has 26 heavy (non-hydrogen) atoms. The van der Waals surface area contributed by atoms with Gasteiger partial charge in [0, 0.05) is 17.7 Å². The van der Waals surface area contributed by atoms with Gasteiger partial charge in [0.05, 0.1) is 21.3 Å². The van der Waals surface area contributed by atoms with Crippen molar-refractivity contribution in [3.8, 4) is 0 Å². The fourth-order valence-electron chi connectivity index (χ4n) is 2.90. The standard InChI is InChI=1S/C21H18N2OS2/c24-19(12-13-20-22-16-9-4-5-10-17(16)26-20)23-21(18-11-6-14-25-18)15-7-2-1-3-8-15/h1-11,14,21H,12-13H2,(H,23,24). The van der Waals surface area contributed by atoms with Crippen LogP contribution in [0.25, 0.3) is 10.2 Å². The SMILES string of the molecule is O=C(CCc1nc2ccccc2s1)NC(c1ccccc1)c1cccs1. The Labute approximate surface area is 160 Å². The third-order valence-electron chi connectivity index (χ3n) is 4.17. The molecular weight excluding hydrogens is 360 g/mol. The normalized spacial score (nSPS) is 12.2. The second kappa shape index (κ2) is 7.81. The first-order valence-electron chi connectivity index (χ1n) is 8.52. The Balaban J connectivity index is 1.45. The minimum absolute atomic E-state index is 0.0477. The number of hydrogen-bond donors (Lipinski definition) is 1. The molecule has 0 radical (unpaired) electrons. The number of aryl methyl sites for hydroxylation is 1. The second-order valence-electron chi connectivity index (χ2n) is 6.00. The van der Waals surface area contributed by atoms with Crippen LogP contribution in [0.1, 0.15) is 27.9 Å². The van der Waals surface area contributed by atoms with Gasteiger partial charge in [0.25, 0.3) is 0 Å². The van der Waals surface area contributed by atoms with Crippen molar-refractivity contribution in [2.24, 2.45) is 0 Å². The quantitative estimate of drug-likeness (QED) is 0.501. The number of rotatable bonds is 6. The number of carbonyl (C=O) groups is 1. The summed E-state index contributed by atoms with van der Waals surface area (Å²) in [5.74, 6) is 0.0477. The summed E-state index contributed by atoms with van der Waals surface area (Å²) in [7, 11) is 0. The summed E-state index contributed by atoms with van der Waals surface area (Å²) in [5.41, 5.74) is 2.11. The average Bonchev–Trinajstić information content (AvgIpc) is 3.34. The number of nitrogens with zero attached hydrogens (tertiary/aromatic N) is 1. The number of nitrogens with one attached hydrogen (secondary N) is 1. The second-order valence-corrected chi connectivity index (χ2v) is 8.10. The van der Waals surface area contributed by atoms with Crippen molar-refractivity contribution in [3.63, 3.8) is 0 Å². The van der Waals surface area contributed by atoms with E-state index in [4.69, 9.17) is 0 Å². The van der Waals surface area contributed by atoms with E-state index >= 15 is 0 Å². The lowest BCUT2D eigenvalue weighted by atomic mass is 10.1. The van der Waals surface area contributed by atoms with Gasteiger partial charge in [-0.1, -0.05) is 48.5 Å². The zero-order valence-corrected chi connectivity index (χ0v) is 15.7. The summed E-state index contributed by atoms with van der Waals surface area (Å²) in [5, 5.41) is 6.24. The number of thiazole rings is 1. The van der Waals surface area contributed by atoms with Crippen LogP contribution in [0.5, 0.6) is 0 Å². The first-order chi connectivity index (χ1) is 12.8. The molecule has 0 fully saturated rings. The molecule has 0 aliphatic carbocycles. The fraction of sp³-hybridized carbons (Fsp3) is 0.143. The number of carbonyl (C=O) groups excluding carboxylic acids is 1. The number of fused-ring (bicyclic) bond motifs is 1. The molecule has 1 unspecified atom stereocenters. The summed E-state index contributed by atoms with van der Waals surface area (Å²) in [4.78, 5) is 18.3. The molecule has 2 heterocycles. The van der Waals surface area contributed by atoms with Crippen LogP contribution in [0.15, 0.2) is 72.1 Å². The Morgan fingerprint density at radius 2 is 1.81 bits per heavy atom. The molecule has 1 N–H and O–H groups in total. The Morgan fingerprint density at radius 3 is 2.58 bits per heavy atom.